The van der Waals surface area contributed by atoms with Crippen LogP contribution in [0.5, 0.6) is 0 Å². The van der Waals surface area contributed by atoms with Gasteiger partial charge >= 0.3 is 0 Å². The van der Waals surface area contributed by atoms with Gasteiger partial charge in [0.1, 0.15) is 0 Å². The van der Waals surface area contributed by atoms with E-state index in [1.54, 1.807) is 0 Å². The molecule has 0 radical (unpaired) electrons. The molecule has 0 spiro atoms. The summed E-state index contributed by atoms with van der Waals surface area (Å²) in [6, 6.07) is 7.37. The first-order valence-corrected chi connectivity index (χ1v) is 5.41. The molecule has 18 heavy (non-hydrogen) atoms. The van der Waals surface area contributed by atoms with E-state index in [-0.39, 0.29) is 16.1 Å². The van der Waals surface area contributed by atoms with Gasteiger partial charge in [0.05, 0.1) is 5.02 Å². The highest BCUT2D eigenvalue weighted by Crippen LogP contribution is 2.36. The lowest BCUT2D eigenvalue weighted by molar-refractivity contribution is 0.151. The van der Waals surface area contributed by atoms with Crippen molar-refractivity contribution < 1.29 is 17.6 Å². The van der Waals surface area contributed by atoms with Gasteiger partial charge in [-0.1, -0.05) is 41.9 Å². The van der Waals surface area contributed by atoms with Crippen LogP contribution >= 0.6 is 11.6 Å². The second kappa shape index (κ2) is 4.98. The third-order valence-corrected chi connectivity index (χ3v) is 2.93. The minimum absolute atomic E-state index is 0.0477. The van der Waals surface area contributed by atoms with E-state index in [1.165, 1.54) is 24.3 Å². The van der Waals surface area contributed by atoms with Gasteiger partial charge in [0, 0.05) is 16.7 Å². The number of rotatable bonds is 2. The second-order valence-electron chi connectivity index (χ2n) is 3.61. The van der Waals surface area contributed by atoms with Crippen molar-refractivity contribution in [3.63, 3.8) is 0 Å². The Labute approximate surface area is 106 Å². The average Bonchev–Trinajstić information content (AvgIpc) is 2.33. The van der Waals surface area contributed by atoms with Gasteiger partial charge in [-0.15, -0.1) is 0 Å². The molecular formula is C13H7ClF4. The lowest BCUT2D eigenvalue weighted by Crippen LogP contribution is -1.93. The molecule has 94 valence electrons. The maximum absolute atomic E-state index is 13.6. The summed E-state index contributed by atoms with van der Waals surface area (Å²) in [6.45, 7) is 0. The number of alkyl halides is 2. The minimum atomic E-state index is -2.77. The van der Waals surface area contributed by atoms with Crippen LogP contribution in [0.4, 0.5) is 17.6 Å². The average molecular weight is 275 g/mol. The highest BCUT2D eigenvalue weighted by molar-refractivity contribution is 6.34. The molecule has 0 N–H and O–H groups in total. The zero-order valence-corrected chi connectivity index (χ0v) is 9.69. The first kappa shape index (κ1) is 12.9. The maximum atomic E-state index is 13.6. The molecular weight excluding hydrogens is 268 g/mol. The fourth-order valence-electron chi connectivity index (χ4n) is 1.64. The largest absolute Gasteiger partial charge is 0.265 e. The smallest absolute Gasteiger partial charge is 0.205 e. The summed E-state index contributed by atoms with van der Waals surface area (Å²) in [5.74, 6) is -2.16. The highest BCUT2D eigenvalue weighted by atomic mass is 35.5. The summed E-state index contributed by atoms with van der Waals surface area (Å²) in [6.07, 6.45) is -2.77. The van der Waals surface area contributed by atoms with E-state index in [0.717, 1.165) is 12.1 Å². The molecule has 2 rings (SSSR count). The normalized spacial score (nSPS) is 11.0. The summed E-state index contributed by atoms with van der Waals surface area (Å²) in [4.78, 5) is 0. The van der Waals surface area contributed by atoms with E-state index < -0.39 is 23.6 Å². The molecule has 0 aliphatic heterocycles. The van der Waals surface area contributed by atoms with Crippen LogP contribution in [0.1, 0.15) is 12.0 Å². The molecule has 0 aliphatic carbocycles. The number of halogens is 5. The quantitative estimate of drug-likeness (QED) is 0.658. The van der Waals surface area contributed by atoms with E-state index in [9.17, 15) is 17.6 Å². The SMILES string of the molecule is Fc1cccc(-c2cccc(C(F)F)c2Cl)c1F. The fraction of sp³-hybridized carbons (Fsp3) is 0.0769. The Hall–Kier alpha value is -1.55. The molecule has 0 amide bonds. The van der Waals surface area contributed by atoms with Crippen LogP contribution in [0, 0.1) is 11.6 Å². The summed E-state index contributed by atoms with van der Waals surface area (Å²) in [5, 5.41) is -0.267. The highest BCUT2D eigenvalue weighted by Gasteiger charge is 2.18. The van der Waals surface area contributed by atoms with Crippen molar-refractivity contribution in [2.75, 3.05) is 0 Å². The van der Waals surface area contributed by atoms with Gasteiger partial charge < -0.3 is 0 Å². The molecule has 0 saturated carbocycles. The van der Waals surface area contributed by atoms with Crippen LogP contribution in [0.2, 0.25) is 5.02 Å². The van der Waals surface area contributed by atoms with E-state index in [4.69, 9.17) is 11.6 Å². The predicted molar refractivity (Wildman–Crippen MR) is 61.8 cm³/mol. The zero-order valence-electron chi connectivity index (χ0n) is 8.93. The molecule has 0 bridgehead atoms. The number of hydrogen-bond acceptors (Lipinski definition) is 0. The number of benzene rings is 2. The van der Waals surface area contributed by atoms with Crippen LogP contribution in [0.25, 0.3) is 11.1 Å². The van der Waals surface area contributed by atoms with E-state index in [0.29, 0.717) is 0 Å². The summed E-state index contributed by atoms with van der Waals surface area (Å²) < 4.78 is 52.0. The van der Waals surface area contributed by atoms with Crippen molar-refractivity contribution in [2.24, 2.45) is 0 Å². The Kier molecular flexibility index (Phi) is 3.57. The third-order valence-electron chi connectivity index (χ3n) is 2.51. The van der Waals surface area contributed by atoms with Gasteiger partial charge in [-0.05, 0) is 6.07 Å². The Balaban J connectivity index is 2.65. The van der Waals surface area contributed by atoms with Gasteiger partial charge in [0.15, 0.2) is 11.6 Å². The molecule has 2 aromatic carbocycles. The van der Waals surface area contributed by atoms with Crippen molar-refractivity contribution in [3.05, 3.63) is 58.6 Å². The summed E-state index contributed by atoms with van der Waals surface area (Å²) in [7, 11) is 0. The third kappa shape index (κ3) is 2.20. The van der Waals surface area contributed by atoms with E-state index in [1.807, 2.05) is 0 Å². The van der Waals surface area contributed by atoms with Crippen LogP contribution in [-0.4, -0.2) is 0 Å². The molecule has 0 aliphatic rings. The minimum Gasteiger partial charge on any atom is -0.205 e. The molecule has 0 fully saturated rings. The van der Waals surface area contributed by atoms with Crippen molar-refractivity contribution in [3.8, 4) is 11.1 Å². The van der Waals surface area contributed by atoms with Gasteiger partial charge in [-0.25, -0.2) is 17.6 Å². The summed E-state index contributed by atoms with van der Waals surface area (Å²) >= 11 is 5.79. The molecule has 5 heteroatoms. The molecule has 0 aromatic heterocycles. The molecule has 0 unspecified atom stereocenters. The molecule has 2 aromatic rings. The molecule has 0 nitrogen and oxygen atoms in total. The summed E-state index contributed by atoms with van der Waals surface area (Å²) in [5.41, 5.74) is -0.494. The first-order chi connectivity index (χ1) is 8.52. The van der Waals surface area contributed by atoms with Crippen LogP contribution in [0.3, 0.4) is 0 Å². The fourth-order valence-corrected chi connectivity index (χ4v) is 1.95. The molecule has 0 heterocycles. The molecule has 0 saturated heterocycles. The van der Waals surface area contributed by atoms with Crippen molar-refractivity contribution in [2.45, 2.75) is 6.43 Å². The Morgan fingerprint density at radius 2 is 1.50 bits per heavy atom. The lowest BCUT2D eigenvalue weighted by atomic mass is 10.0. The van der Waals surface area contributed by atoms with Gasteiger partial charge in [0.2, 0.25) is 0 Å². The monoisotopic (exact) mass is 274 g/mol. The van der Waals surface area contributed by atoms with E-state index in [2.05, 4.69) is 0 Å². The zero-order chi connectivity index (χ0) is 13.3. The van der Waals surface area contributed by atoms with Gasteiger partial charge in [0.25, 0.3) is 6.43 Å². The Morgan fingerprint density at radius 1 is 0.889 bits per heavy atom. The van der Waals surface area contributed by atoms with Crippen LogP contribution < -0.4 is 0 Å². The Bertz CT molecular complexity index is 581. The van der Waals surface area contributed by atoms with Gasteiger partial charge in [-0.3, -0.25) is 0 Å². The van der Waals surface area contributed by atoms with Crippen molar-refractivity contribution in [1.29, 1.82) is 0 Å². The Morgan fingerprint density at radius 3 is 2.17 bits per heavy atom. The van der Waals surface area contributed by atoms with Gasteiger partial charge in [-0.2, -0.15) is 0 Å². The van der Waals surface area contributed by atoms with Crippen LogP contribution in [0.15, 0.2) is 36.4 Å². The molecule has 0 atom stereocenters. The maximum Gasteiger partial charge on any atom is 0.265 e. The predicted octanol–water partition coefficient (Wildman–Crippen LogP) is 5.22. The second-order valence-corrected chi connectivity index (χ2v) is 3.99. The van der Waals surface area contributed by atoms with Crippen molar-refractivity contribution in [1.82, 2.24) is 0 Å². The van der Waals surface area contributed by atoms with Crippen molar-refractivity contribution >= 4 is 11.6 Å². The van der Waals surface area contributed by atoms with E-state index >= 15 is 0 Å². The first-order valence-electron chi connectivity index (χ1n) is 5.03. The van der Waals surface area contributed by atoms with Crippen LogP contribution in [-0.2, 0) is 0 Å². The topological polar surface area (TPSA) is 0 Å². The lowest BCUT2D eigenvalue weighted by Gasteiger charge is -2.10. The standard InChI is InChI=1S/C13H7ClF4/c14-11-7(3-1-5-9(11)13(17)18)8-4-2-6-10(15)12(8)16/h1-6,13H. The number of hydrogen-bond donors (Lipinski definition) is 0.